The largest absolute Gasteiger partial charge is 0.335 e. The van der Waals surface area contributed by atoms with Crippen LogP contribution in [-0.2, 0) is 5.54 Å². The molecule has 0 bridgehead atoms. The van der Waals surface area contributed by atoms with Crippen molar-refractivity contribution in [3.05, 3.63) is 17.8 Å². The molecule has 1 aromatic rings. The fourth-order valence-corrected chi connectivity index (χ4v) is 1.79. The zero-order valence-electron chi connectivity index (χ0n) is 8.65. The van der Waals surface area contributed by atoms with Crippen molar-refractivity contribution in [2.75, 3.05) is 0 Å². The van der Waals surface area contributed by atoms with E-state index in [-0.39, 0.29) is 5.54 Å². The van der Waals surface area contributed by atoms with Gasteiger partial charge in [-0.05, 0) is 44.1 Å². The maximum Gasteiger partial charge on any atom is 0.250 e. The van der Waals surface area contributed by atoms with E-state index in [1.807, 2.05) is 6.08 Å². The number of allylic oxidation sites excluding steroid dienone is 1. The van der Waals surface area contributed by atoms with Gasteiger partial charge in [0.15, 0.2) is 5.82 Å². The molecule has 1 aromatic heterocycles. The third-order valence-electron chi connectivity index (χ3n) is 3.27. The molecule has 0 aliphatic heterocycles. The number of nitrogens with zero attached hydrogens (tertiary/aromatic N) is 2. The molecule has 2 aliphatic rings. The highest BCUT2D eigenvalue weighted by molar-refractivity contribution is 5.39. The zero-order chi connectivity index (χ0) is 10.3. The van der Waals surface area contributed by atoms with E-state index >= 15 is 0 Å². The minimum atomic E-state index is -0.310. The first-order chi connectivity index (χ1) is 7.26. The van der Waals surface area contributed by atoms with Crippen LogP contribution in [0.1, 0.15) is 43.8 Å². The second-order valence-electron chi connectivity index (χ2n) is 4.66. The SMILES string of the molecule is NC1(c2noc(/C=C/C3CC3)n2)CCC1. The van der Waals surface area contributed by atoms with Crippen LogP contribution < -0.4 is 5.73 Å². The van der Waals surface area contributed by atoms with Crippen molar-refractivity contribution in [1.29, 1.82) is 0 Å². The van der Waals surface area contributed by atoms with Gasteiger partial charge in [0, 0.05) is 0 Å². The fourth-order valence-electron chi connectivity index (χ4n) is 1.79. The van der Waals surface area contributed by atoms with Crippen LogP contribution in [0.4, 0.5) is 0 Å². The summed E-state index contributed by atoms with van der Waals surface area (Å²) in [6.45, 7) is 0. The topological polar surface area (TPSA) is 64.9 Å². The van der Waals surface area contributed by atoms with E-state index < -0.39 is 0 Å². The summed E-state index contributed by atoms with van der Waals surface area (Å²) < 4.78 is 5.14. The van der Waals surface area contributed by atoms with E-state index in [0.29, 0.717) is 11.7 Å². The molecule has 15 heavy (non-hydrogen) atoms. The zero-order valence-corrected chi connectivity index (χ0v) is 8.65. The van der Waals surface area contributed by atoms with Gasteiger partial charge in [-0.2, -0.15) is 4.98 Å². The molecule has 0 spiro atoms. The molecule has 2 saturated carbocycles. The smallest absolute Gasteiger partial charge is 0.250 e. The predicted molar refractivity (Wildman–Crippen MR) is 55.8 cm³/mol. The van der Waals surface area contributed by atoms with Gasteiger partial charge in [-0.1, -0.05) is 11.2 Å². The van der Waals surface area contributed by atoms with Gasteiger partial charge in [-0.15, -0.1) is 0 Å². The summed E-state index contributed by atoms with van der Waals surface area (Å²) >= 11 is 0. The van der Waals surface area contributed by atoms with Crippen molar-refractivity contribution >= 4 is 6.08 Å². The number of aromatic nitrogens is 2. The van der Waals surface area contributed by atoms with Gasteiger partial charge in [-0.25, -0.2) is 0 Å². The van der Waals surface area contributed by atoms with Crippen LogP contribution in [-0.4, -0.2) is 10.1 Å². The van der Waals surface area contributed by atoms with Gasteiger partial charge in [0.2, 0.25) is 5.89 Å². The second kappa shape index (κ2) is 3.17. The molecule has 0 radical (unpaired) electrons. The van der Waals surface area contributed by atoms with Crippen molar-refractivity contribution in [3.8, 4) is 0 Å². The van der Waals surface area contributed by atoms with Gasteiger partial charge < -0.3 is 10.3 Å². The molecule has 80 valence electrons. The third kappa shape index (κ3) is 1.69. The van der Waals surface area contributed by atoms with Crippen molar-refractivity contribution in [3.63, 3.8) is 0 Å². The van der Waals surface area contributed by atoms with E-state index in [2.05, 4.69) is 16.2 Å². The second-order valence-corrected chi connectivity index (χ2v) is 4.66. The number of hydrogen-bond donors (Lipinski definition) is 1. The first-order valence-electron chi connectivity index (χ1n) is 5.58. The summed E-state index contributed by atoms with van der Waals surface area (Å²) in [5.74, 6) is 1.99. The Kier molecular flexibility index (Phi) is 1.92. The van der Waals surface area contributed by atoms with Crippen LogP contribution in [0.3, 0.4) is 0 Å². The molecule has 0 atom stereocenters. The van der Waals surface area contributed by atoms with Crippen LogP contribution in [0.15, 0.2) is 10.6 Å². The Balaban J connectivity index is 1.74. The lowest BCUT2D eigenvalue weighted by Gasteiger charge is -2.34. The standard InChI is InChI=1S/C11H15N3O/c12-11(6-1-7-11)10-13-9(15-14-10)5-4-8-2-3-8/h4-5,8H,1-3,6-7,12H2/b5-4+. The van der Waals surface area contributed by atoms with Crippen molar-refractivity contribution in [2.24, 2.45) is 11.7 Å². The number of hydrogen-bond acceptors (Lipinski definition) is 4. The maximum atomic E-state index is 6.10. The molecule has 2 fully saturated rings. The summed E-state index contributed by atoms with van der Waals surface area (Å²) in [5, 5.41) is 3.95. The van der Waals surface area contributed by atoms with Crippen LogP contribution >= 0.6 is 0 Å². The quantitative estimate of drug-likeness (QED) is 0.817. The lowest BCUT2D eigenvalue weighted by atomic mass is 9.77. The Morgan fingerprint density at radius 3 is 2.80 bits per heavy atom. The van der Waals surface area contributed by atoms with Gasteiger partial charge in [0.25, 0.3) is 0 Å². The summed E-state index contributed by atoms with van der Waals surface area (Å²) in [5.41, 5.74) is 5.79. The van der Waals surface area contributed by atoms with E-state index in [4.69, 9.17) is 10.3 Å². The fraction of sp³-hybridized carbons (Fsp3) is 0.636. The summed E-state index contributed by atoms with van der Waals surface area (Å²) in [4.78, 5) is 4.31. The van der Waals surface area contributed by atoms with E-state index in [9.17, 15) is 0 Å². The Morgan fingerprint density at radius 1 is 1.40 bits per heavy atom. The summed E-state index contributed by atoms with van der Waals surface area (Å²) in [7, 11) is 0. The number of nitrogens with two attached hydrogens (primary N) is 1. The number of rotatable bonds is 3. The molecule has 3 rings (SSSR count). The minimum absolute atomic E-state index is 0.310. The molecular formula is C11H15N3O. The molecule has 1 heterocycles. The molecule has 0 saturated heterocycles. The van der Waals surface area contributed by atoms with Crippen LogP contribution in [0.5, 0.6) is 0 Å². The molecule has 4 nitrogen and oxygen atoms in total. The van der Waals surface area contributed by atoms with Gasteiger partial charge in [-0.3, -0.25) is 0 Å². The van der Waals surface area contributed by atoms with Gasteiger partial charge in [0.05, 0.1) is 5.54 Å². The minimum Gasteiger partial charge on any atom is -0.335 e. The van der Waals surface area contributed by atoms with E-state index in [0.717, 1.165) is 25.2 Å². The first-order valence-corrected chi connectivity index (χ1v) is 5.58. The lowest BCUT2D eigenvalue weighted by Crippen LogP contribution is -2.44. The molecule has 0 aromatic carbocycles. The molecule has 0 unspecified atom stereocenters. The average Bonchev–Trinajstić information content (AvgIpc) is 2.90. The van der Waals surface area contributed by atoms with Crippen LogP contribution in [0.2, 0.25) is 0 Å². The van der Waals surface area contributed by atoms with Crippen molar-refractivity contribution in [2.45, 2.75) is 37.6 Å². The van der Waals surface area contributed by atoms with Crippen LogP contribution in [0, 0.1) is 5.92 Å². The van der Waals surface area contributed by atoms with Gasteiger partial charge >= 0.3 is 0 Å². The predicted octanol–water partition coefficient (Wildman–Crippen LogP) is 1.83. The monoisotopic (exact) mass is 205 g/mol. The Bertz CT molecular complexity index is 388. The summed E-state index contributed by atoms with van der Waals surface area (Å²) in [6, 6.07) is 0. The Hall–Kier alpha value is -1.16. The van der Waals surface area contributed by atoms with E-state index in [1.54, 1.807) is 0 Å². The highest BCUT2D eigenvalue weighted by Crippen LogP contribution is 2.37. The Labute approximate surface area is 88.5 Å². The van der Waals surface area contributed by atoms with Crippen molar-refractivity contribution in [1.82, 2.24) is 10.1 Å². The normalized spacial score (nSPS) is 24.3. The van der Waals surface area contributed by atoms with E-state index in [1.165, 1.54) is 12.8 Å². The molecule has 2 N–H and O–H groups in total. The molecule has 2 aliphatic carbocycles. The Morgan fingerprint density at radius 2 is 2.20 bits per heavy atom. The molecule has 4 heteroatoms. The van der Waals surface area contributed by atoms with Crippen molar-refractivity contribution < 1.29 is 4.52 Å². The maximum absolute atomic E-state index is 6.10. The highest BCUT2D eigenvalue weighted by Gasteiger charge is 2.38. The van der Waals surface area contributed by atoms with Crippen LogP contribution in [0.25, 0.3) is 6.08 Å². The average molecular weight is 205 g/mol. The van der Waals surface area contributed by atoms with Gasteiger partial charge in [0.1, 0.15) is 0 Å². The molecular weight excluding hydrogens is 190 g/mol. The third-order valence-corrected chi connectivity index (χ3v) is 3.27. The summed E-state index contributed by atoms with van der Waals surface area (Å²) in [6.07, 6.45) is 9.74. The molecule has 0 amide bonds. The highest BCUT2D eigenvalue weighted by atomic mass is 16.5. The lowest BCUT2D eigenvalue weighted by molar-refractivity contribution is 0.229. The first kappa shape index (κ1) is 9.09.